The summed E-state index contributed by atoms with van der Waals surface area (Å²) in [6, 6.07) is 9.58. The van der Waals surface area contributed by atoms with Gasteiger partial charge in [0.15, 0.2) is 0 Å². The summed E-state index contributed by atoms with van der Waals surface area (Å²) in [6.45, 7) is 5.77. The van der Waals surface area contributed by atoms with Crippen LogP contribution in [0.2, 0.25) is 0 Å². The molecule has 2 atom stereocenters. The first-order valence-corrected chi connectivity index (χ1v) is 8.03. The fourth-order valence-electron chi connectivity index (χ4n) is 2.65. The Kier molecular flexibility index (Phi) is 5.64. The molecular weight excluding hydrogens is 294 g/mol. The molecule has 0 aromatic heterocycles. The summed E-state index contributed by atoms with van der Waals surface area (Å²) in [7, 11) is 0. The molecule has 1 amide bonds. The number of hydrogen-bond acceptors (Lipinski definition) is 4. The molecule has 5 nitrogen and oxygen atoms in total. The van der Waals surface area contributed by atoms with Gasteiger partial charge in [0, 0.05) is 6.04 Å². The summed E-state index contributed by atoms with van der Waals surface area (Å²) in [5, 5.41) is 2.83. The Hall–Kier alpha value is -2.04. The number of esters is 1. The number of amides is 1. The fourth-order valence-corrected chi connectivity index (χ4v) is 2.65. The van der Waals surface area contributed by atoms with Crippen molar-refractivity contribution in [3.63, 3.8) is 0 Å². The number of carbonyl (C=O) groups is 2. The third-order valence-electron chi connectivity index (χ3n) is 3.71. The maximum atomic E-state index is 12.1. The Morgan fingerprint density at radius 3 is 2.52 bits per heavy atom. The average molecular weight is 319 g/mol. The Bertz CT molecular complexity index is 536. The van der Waals surface area contributed by atoms with E-state index in [9.17, 15) is 9.59 Å². The Balaban J connectivity index is 1.74. The van der Waals surface area contributed by atoms with Crippen molar-refractivity contribution in [2.75, 3.05) is 0 Å². The molecule has 2 rings (SSSR count). The van der Waals surface area contributed by atoms with Gasteiger partial charge in [-0.05, 0) is 45.6 Å². The van der Waals surface area contributed by atoms with Crippen LogP contribution in [0.4, 0.5) is 4.79 Å². The van der Waals surface area contributed by atoms with E-state index >= 15 is 0 Å². The predicted octanol–water partition coefficient (Wildman–Crippen LogP) is 3.42. The number of benzene rings is 1. The molecule has 1 aromatic rings. The first kappa shape index (κ1) is 17.3. The van der Waals surface area contributed by atoms with E-state index < -0.39 is 11.7 Å². The van der Waals surface area contributed by atoms with E-state index in [2.05, 4.69) is 5.32 Å². The van der Waals surface area contributed by atoms with Crippen molar-refractivity contribution < 1.29 is 19.1 Å². The lowest BCUT2D eigenvalue weighted by atomic mass is 10.1. The fraction of sp³-hybridized carbons (Fsp3) is 0.556. The topological polar surface area (TPSA) is 64.6 Å². The van der Waals surface area contributed by atoms with Gasteiger partial charge in [0.2, 0.25) is 0 Å². The van der Waals surface area contributed by atoms with Crippen LogP contribution < -0.4 is 5.32 Å². The third kappa shape index (κ3) is 5.93. The van der Waals surface area contributed by atoms with Gasteiger partial charge in [0.1, 0.15) is 12.2 Å². The van der Waals surface area contributed by atoms with Gasteiger partial charge in [-0.15, -0.1) is 0 Å². The minimum Gasteiger partial charge on any atom is -0.461 e. The van der Waals surface area contributed by atoms with Gasteiger partial charge in [0.25, 0.3) is 0 Å². The summed E-state index contributed by atoms with van der Waals surface area (Å²) in [6.07, 6.45) is 1.67. The summed E-state index contributed by atoms with van der Waals surface area (Å²) in [5.41, 5.74) is 0.457. The van der Waals surface area contributed by atoms with Gasteiger partial charge >= 0.3 is 12.1 Å². The van der Waals surface area contributed by atoms with Gasteiger partial charge in [-0.1, -0.05) is 30.3 Å². The highest BCUT2D eigenvalue weighted by Gasteiger charge is 2.32. The zero-order chi connectivity index (χ0) is 16.9. The van der Waals surface area contributed by atoms with E-state index in [1.165, 1.54) is 0 Å². The number of hydrogen-bond donors (Lipinski definition) is 1. The molecule has 23 heavy (non-hydrogen) atoms. The number of ether oxygens (including phenoxy) is 2. The minimum absolute atomic E-state index is 0.0286. The highest BCUT2D eigenvalue weighted by atomic mass is 16.6. The van der Waals surface area contributed by atoms with E-state index in [0.29, 0.717) is 13.0 Å². The van der Waals surface area contributed by atoms with Crippen LogP contribution in [0.25, 0.3) is 0 Å². The van der Waals surface area contributed by atoms with Crippen molar-refractivity contribution in [1.82, 2.24) is 5.32 Å². The summed E-state index contributed by atoms with van der Waals surface area (Å²) in [4.78, 5) is 23.9. The van der Waals surface area contributed by atoms with E-state index in [1.807, 2.05) is 51.1 Å². The smallest absolute Gasteiger partial charge is 0.407 e. The maximum absolute atomic E-state index is 12.1. The van der Waals surface area contributed by atoms with Crippen LogP contribution in [-0.2, 0) is 20.9 Å². The van der Waals surface area contributed by atoms with E-state index in [0.717, 1.165) is 18.4 Å². The molecule has 0 saturated heterocycles. The van der Waals surface area contributed by atoms with Crippen LogP contribution in [0, 0.1) is 5.92 Å². The lowest BCUT2D eigenvalue weighted by Crippen LogP contribution is -2.38. The summed E-state index contributed by atoms with van der Waals surface area (Å²) in [5.74, 6) is -0.346. The SMILES string of the molecule is CC(C)(C)OC(=O)N[C@@H]1CC[C@H](C(=O)OCc2ccccc2)C1. The average Bonchev–Trinajstić information content (AvgIpc) is 2.92. The minimum atomic E-state index is -0.517. The maximum Gasteiger partial charge on any atom is 0.407 e. The largest absolute Gasteiger partial charge is 0.461 e. The monoisotopic (exact) mass is 319 g/mol. The molecule has 5 heteroatoms. The molecule has 0 heterocycles. The van der Waals surface area contributed by atoms with Gasteiger partial charge < -0.3 is 14.8 Å². The van der Waals surface area contributed by atoms with Gasteiger partial charge in [0.05, 0.1) is 5.92 Å². The van der Waals surface area contributed by atoms with Crippen LogP contribution in [0.5, 0.6) is 0 Å². The number of alkyl carbamates (subject to hydrolysis) is 1. The van der Waals surface area contributed by atoms with Gasteiger partial charge in [-0.25, -0.2) is 4.79 Å². The predicted molar refractivity (Wildman–Crippen MR) is 86.7 cm³/mol. The van der Waals surface area contributed by atoms with Gasteiger partial charge in [-0.2, -0.15) is 0 Å². The van der Waals surface area contributed by atoms with Crippen LogP contribution in [0.3, 0.4) is 0 Å². The molecule has 1 saturated carbocycles. The second kappa shape index (κ2) is 7.49. The first-order chi connectivity index (χ1) is 10.8. The zero-order valence-corrected chi connectivity index (χ0v) is 14.0. The van der Waals surface area contributed by atoms with Crippen molar-refractivity contribution in [3.8, 4) is 0 Å². The lowest BCUT2D eigenvalue weighted by Gasteiger charge is -2.21. The molecule has 0 unspecified atom stereocenters. The number of nitrogens with one attached hydrogen (secondary N) is 1. The zero-order valence-electron chi connectivity index (χ0n) is 14.0. The number of rotatable bonds is 4. The molecule has 1 N–H and O–H groups in total. The molecule has 126 valence electrons. The van der Waals surface area contributed by atoms with Gasteiger partial charge in [-0.3, -0.25) is 4.79 Å². The van der Waals surface area contributed by atoms with E-state index in [-0.39, 0.29) is 17.9 Å². The molecule has 0 aliphatic heterocycles. The highest BCUT2D eigenvalue weighted by Crippen LogP contribution is 2.27. The first-order valence-electron chi connectivity index (χ1n) is 8.03. The molecule has 0 spiro atoms. The molecule has 0 radical (unpaired) electrons. The van der Waals surface area contributed by atoms with Crippen molar-refractivity contribution in [2.45, 2.75) is 58.3 Å². The summed E-state index contributed by atoms with van der Waals surface area (Å²) >= 11 is 0. The second-order valence-corrected chi connectivity index (χ2v) is 6.95. The third-order valence-corrected chi connectivity index (χ3v) is 3.71. The quantitative estimate of drug-likeness (QED) is 0.864. The molecule has 1 aliphatic rings. The Morgan fingerprint density at radius 1 is 1.17 bits per heavy atom. The van der Waals surface area contributed by atoms with E-state index in [1.54, 1.807) is 0 Å². The molecular formula is C18H25NO4. The van der Waals surface area contributed by atoms with Crippen molar-refractivity contribution >= 4 is 12.1 Å². The molecule has 1 aromatic carbocycles. The second-order valence-electron chi connectivity index (χ2n) is 6.95. The van der Waals surface area contributed by atoms with E-state index in [4.69, 9.17) is 9.47 Å². The normalized spacial score (nSPS) is 20.8. The van der Waals surface area contributed by atoms with Crippen LogP contribution in [0.1, 0.15) is 45.6 Å². The Labute approximate surface area is 137 Å². The molecule has 1 aliphatic carbocycles. The van der Waals surface area contributed by atoms with Crippen molar-refractivity contribution in [3.05, 3.63) is 35.9 Å². The van der Waals surface area contributed by atoms with Crippen LogP contribution in [0.15, 0.2) is 30.3 Å². The van der Waals surface area contributed by atoms with Crippen molar-refractivity contribution in [1.29, 1.82) is 0 Å². The highest BCUT2D eigenvalue weighted by molar-refractivity contribution is 5.73. The Morgan fingerprint density at radius 2 is 1.87 bits per heavy atom. The molecule has 1 fully saturated rings. The summed E-state index contributed by atoms with van der Waals surface area (Å²) < 4.78 is 10.6. The van der Waals surface area contributed by atoms with Crippen LogP contribution >= 0.6 is 0 Å². The number of carbonyl (C=O) groups excluding carboxylic acids is 2. The molecule has 0 bridgehead atoms. The standard InChI is InChI=1S/C18H25NO4/c1-18(2,3)23-17(21)19-15-10-9-14(11-15)16(20)22-12-13-7-5-4-6-8-13/h4-8,14-15H,9-12H2,1-3H3,(H,19,21)/t14-,15+/m0/s1. The van der Waals surface area contributed by atoms with Crippen LogP contribution in [-0.4, -0.2) is 23.7 Å². The lowest BCUT2D eigenvalue weighted by molar-refractivity contribution is -0.149. The van der Waals surface area contributed by atoms with Crippen molar-refractivity contribution in [2.24, 2.45) is 5.92 Å².